The van der Waals surface area contributed by atoms with E-state index in [1.54, 1.807) is 0 Å². The lowest BCUT2D eigenvalue weighted by atomic mass is 9.77. The largest absolute Gasteiger partial charge is 0.310 e. The molecule has 2 aliphatic rings. The van der Waals surface area contributed by atoms with Gasteiger partial charge >= 0.3 is 0 Å². The van der Waals surface area contributed by atoms with Crippen molar-refractivity contribution in [2.24, 2.45) is 0 Å². The fourth-order valence-electron chi connectivity index (χ4n) is 9.71. The van der Waals surface area contributed by atoms with E-state index in [1.807, 2.05) is 0 Å². The molecule has 0 N–H and O–H groups in total. The Morgan fingerprint density at radius 1 is 0.327 bits per heavy atom. The molecule has 2 aliphatic carbocycles. The molecule has 0 saturated heterocycles. The monoisotopic (exact) mass is 705 g/mol. The summed E-state index contributed by atoms with van der Waals surface area (Å²) in [6.07, 6.45) is 0. The molecule has 0 heterocycles. The number of hydrogen-bond donors (Lipinski definition) is 0. The number of para-hydroxylation sites is 1. The topological polar surface area (TPSA) is 3.24 Å². The number of nitrogens with zero attached hydrogens (tertiary/aromatic N) is 1. The van der Waals surface area contributed by atoms with Crippen LogP contribution in [0.5, 0.6) is 0 Å². The molecule has 0 aliphatic heterocycles. The van der Waals surface area contributed by atoms with E-state index in [4.69, 9.17) is 0 Å². The van der Waals surface area contributed by atoms with Crippen LogP contribution in [0.3, 0.4) is 0 Å². The molecule has 264 valence electrons. The summed E-state index contributed by atoms with van der Waals surface area (Å²) in [7, 11) is 0. The molecule has 10 rings (SSSR count). The first-order chi connectivity index (χ1) is 26.8. The van der Waals surface area contributed by atoms with Gasteiger partial charge in [0.25, 0.3) is 0 Å². The Morgan fingerprint density at radius 3 is 1.56 bits per heavy atom. The highest BCUT2D eigenvalue weighted by Crippen LogP contribution is 2.57. The van der Waals surface area contributed by atoms with Gasteiger partial charge in [0.2, 0.25) is 0 Å². The van der Waals surface area contributed by atoms with Gasteiger partial charge in [-0.05, 0) is 103 Å². The Hall–Kier alpha value is -6.44. The summed E-state index contributed by atoms with van der Waals surface area (Å²) in [5.41, 5.74) is 21.3. The zero-order chi connectivity index (χ0) is 37.3. The van der Waals surface area contributed by atoms with Crippen LogP contribution in [-0.2, 0) is 10.8 Å². The molecule has 0 spiro atoms. The van der Waals surface area contributed by atoms with Gasteiger partial charge in [0, 0.05) is 27.8 Å². The fourth-order valence-corrected chi connectivity index (χ4v) is 9.71. The average Bonchev–Trinajstić information content (AvgIpc) is 3.61. The molecule has 0 unspecified atom stereocenters. The summed E-state index contributed by atoms with van der Waals surface area (Å²) in [6, 6.07) is 69.5. The first kappa shape index (κ1) is 33.2. The van der Waals surface area contributed by atoms with Crippen LogP contribution < -0.4 is 4.90 Å². The third-order valence-corrected chi connectivity index (χ3v) is 12.3. The lowest BCUT2D eigenvalue weighted by Crippen LogP contribution is -2.18. The van der Waals surface area contributed by atoms with E-state index in [2.05, 4.69) is 221 Å². The molecular weight excluding hydrogens is 663 g/mol. The van der Waals surface area contributed by atoms with E-state index < -0.39 is 0 Å². The molecule has 55 heavy (non-hydrogen) atoms. The van der Waals surface area contributed by atoms with Crippen molar-refractivity contribution in [2.75, 3.05) is 4.90 Å². The lowest BCUT2D eigenvalue weighted by Gasteiger charge is -2.32. The van der Waals surface area contributed by atoms with Gasteiger partial charge in [-0.1, -0.05) is 185 Å². The third kappa shape index (κ3) is 5.07. The van der Waals surface area contributed by atoms with Crippen LogP contribution in [0.15, 0.2) is 188 Å². The second-order valence-electron chi connectivity index (χ2n) is 16.1. The Morgan fingerprint density at radius 2 is 0.836 bits per heavy atom. The zero-order valence-corrected chi connectivity index (χ0v) is 31.8. The van der Waals surface area contributed by atoms with Crippen molar-refractivity contribution in [3.63, 3.8) is 0 Å². The van der Waals surface area contributed by atoms with Crippen LogP contribution in [0.2, 0.25) is 0 Å². The van der Waals surface area contributed by atoms with Crippen molar-refractivity contribution in [1.82, 2.24) is 0 Å². The van der Waals surface area contributed by atoms with Crippen molar-refractivity contribution in [3.8, 4) is 55.6 Å². The van der Waals surface area contributed by atoms with Gasteiger partial charge in [-0.15, -0.1) is 0 Å². The first-order valence-corrected chi connectivity index (χ1v) is 19.5. The number of anilines is 3. The average molecular weight is 706 g/mol. The second kappa shape index (κ2) is 12.6. The predicted octanol–water partition coefficient (Wildman–Crippen LogP) is 14.8. The molecule has 0 aromatic heterocycles. The van der Waals surface area contributed by atoms with Gasteiger partial charge in [0.1, 0.15) is 0 Å². The molecule has 1 heteroatoms. The molecular formula is C54H43N. The van der Waals surface area contributed by atoms with Crippen molar-refractivity contribution >= 4 is 17.1 Å². The third-order valence-electron chi connectivity index (χ3n) is 12.3. The number of hydrogen-bond acceptors (Lipinski definition) is 1. The van der Waals surface area contributed by atoms with Crippen molar-refractivity contribution in [2.45, 2.75) is 38.5 Å². The Labute approximate surface area is 325 Å². The van der Waals surface area contributed by atoms with Gasteiger partial charge in [-0.25, -0.2) is 0 Å². The number of rotatable bonds is 6. The fraction of sp³-hybridized carbons (Fsp3) is 0.111. The van der Waals surface area contributed by atoms with E-state index in [9.17, 15) is 0 Å². The molecule has 0 saturated carbocycles. The Bertz CT molecular complexity index is 2750. The first-order valence-electron chi connectivity index (χ1n) is 19.5. The maximum atomic E-state index is 2.50. The van der Waals surface area contributed by atoms with Gasteiger partial charge in [-0.3, -0.25) is 0 Å². The van der Waals surface area contributed by atoms with Crippen LogP contribution in [0.4, 0.5) is 17.1 Å². The Balaban J connectivity index is 1.29. The van der Waals surface area contributed by atoms with E-state index in [0.717, 1.165) is 17.1 Å². The van der Waals surface area contributed by atoms with Crippen LogP contribution >= 0.6 is 0 Å². The van der Waals surface area contributed by atoms with E-state index in [1.165, 1.54) is 77.9 Å². The molecule has 0 bridgehead atoms. The summed E-state index contributed by atoms with van der Waals surface area (Å²) in [4.78, 5) is 2.50. The highest BCUT2D eigenvalue weighted by atomic mass is 15.1. The van der Waals surface area contributed by atoms with Crippen molar-refractivity contribution < 1.29 is 0 Å². The lowest BCUT2D eigenvalue weighted by molar-refractivity contribution is 0.660. The summed E-state index contributed by atoms with van der Waals surface area (Å²) < 4.78 is 0. The maximum absolute atomic E-state index is 2.50. The molecule has 0 atom stereocenters. The predicted molar refractivity (Wildman–Crippen MR) is 233 cm³/mol. The van der Waals surface area contributed by atoms with Crippen LogP contribution in [-0.4, -0.2) is 0 Å². The number of benzene rings is 8. The van der Waals surface area contributed by atoms with Crippen LogP contribution in [0.1, 0.15) is 49.9 Å². The minimum absolute atomic E-state index is 0.125. The van der Waals surface area contributed by atoms with Gasteiger partial charge in [0.15, 0.2) is 0 Å². The molecule has 1 nitrogen and oxygen atoms in total. The quantitative estimate of drug-likeness (QED) is 0.166. The SMILES string of the molecule is CC1(C)c2ccccc2-c2ccc(N(c3ccccc3)c3cccc(-c4ccccc4-c4ccccc4)c3-c3cccc4c3C(C)(C)c3ccccc3-4)cc21. The van der Waals surface area contributed by atoms with Crippen molar-refractivity contribution in [1.29, 1.82) is 0 Å². The van der Waals surface area contributed by atoms with E-state index >= 15 is 0 Å². The molecule has 0 amide bonds. The van der Waals surface area contributed by atoms with E-state index in [0.29, 0.717) is 0 Å². The van der Waals surface area contributed by atoms with E-state index in [-0.39, 0.29) is 10.8 Å². The van der Waals surface area contributed by atoms with Crippen LogP contribution in [0, 0.1) is 0 Å². The normalized spacial score (nSPS) is 14.1. The minimum atomic E-state index is -0.202. The van der Waals surface area contributed by atoms with Gasteiger partial charge in [-0.2, -0.15) is 0 Å². The summed E-state index contributed by atoms with van der Waals surface area (Å²) in [6.45, 7) is 9.54. The summed E-state index contributed by atoms with van der Waals surface area (Å²) in [5.74, 6) is 0. The minimum Gasteiger partial charge on any atom is -0.310 e. The second-order valence-corrected chi connectivity index (χ2v) is 16.1. The Kier molecular flexibility index (Phi) is 7.58. The summed E-state index contributed by atoms with van der Waals surface area (Å²) >= 11 is 0. The molecule has 8 aromatic carbocycles. The van der Waals surface area contributed by atoms with Gasteiger partial charge < -0.3 is 4.90 Å². The highest BCUT2D eigenvalue weighted by Gasteiger charge is 2.39. The maximum Gasteiger partial charge on any atom is 0.0546 e. The smallest absolute Gasteiger partial charge is 0.0546 e. The zero-order valence-electron chi connectivity index (χ0n) is 31.8. The van der Waals surface area contributed by atoms with Crippen molar-refractivity contribution in [3.05, 3.63) is 210 Å². The standard InChI is InChI=1S/C54H43N/c1-53(2)47-30-15-13-25-41(47)43-34-33-38(35-49(43)53)55(37-21-9-6-10-22-37)50-32-18-27-44(40-24-12-11-23-39(40)36-19-7-5-8-20-36)51(50)46-29-17-28-45-42-26-14-16-31-48(42)54(3,4)52(45)46/h5-35H,1-4H3. The molecule has 0 fully saturated rings. The summed E-state index contributed by atoms with van der Waals surface area (Å²) in [5, 5.41) is 0. The molecule has 8 aromatic rings. The van der Waals surface area contributed by atoms with Crippen LogP contribution in [0.25, 0.3) is 55.6 Å². The highest BCUT2D eigenvalue weighted by molar-refractivity contribution is 6.03. The number of fused-ring (bicyclic) bond motifs is 6. The molecule has 0 radical (unpaired) electrons. The van der Waals surface area contributed by atoms with Gasteiger partial charge in [0.05, 0.1) is 5.69 Å².